The second-order valence-corrected chi connectivity index (χ2v) is 6.04. The van der Waals surface area contributed by atoms with Crippen LogP contribution in [0.4, 0.5) is 4.39 Å². The molecule has 0 amide bonds. The smallest absolute Gasteiger partial charge is 0.361 e. The lowest BCUT2D eigenvalue weighted by atomic mass is 10.1. The lowest BCUT2D eigenvalue weighted by molar-refractivity contribution is 0.0520. The van der Waals surface area contributed by atoms with E-state index in [-0.39, 0.29) is 33.6 Å². The van der Waals surface area contributed by atoms with Crippen molar-refractivity contribution >= 4 is 40.3 Å². The molecular formula is C16H13Cl2FN4O2. The van der Waals surface area contributed by atoms with Crippen molar-refractivity contribution in [2.75, 3.05) is 6.61 Å². The minimum absolute atomic E-state index is 0.00207. The van der Waals surface area contributed by atoms with E-state index in [4.69, 9.17) is 27.9 Å². The molecule has 2 heterocycles. The minimum atomic E-state index is -0.633. The molecule has 0 fully saturated rings. The molecule has 6 nitrogen and oxygen atoms in total. The van der Waals surface area contributed by atoms with Gasteiger partial charge in [0.1, 0.15) is 16.5 Å². The fourth-order valence-electron chi connectivity index (χ4n) is 2.47. The maximum atomic E-state index is 14.3. The van der Waals surface area contributed by atoms with Crippen molar-refractivity contribution in [3.8, 4) is 0 Å². The molecule has 0 N–H and O–H groups in total. The highest BCUT2D eigenvalue weighted by Crippen LogP contribution is 2.27. The molecule has 0 bridgehead atoms. The van der Waals surface area contributed by atoms with Crippen LogP contribution in [0.15, 0.2) is 24.4 Å². The third-order valence-electron chi connectivity index (χ3n) is 3.62. The van der Waals surface area contributed by atoms with E-state index >= 15 is 0 Å². The van der Waals surface area contributed by atoms with Crippen LogP contribution in [-0.2, 0) is 4.74 Å². The molecule has 1 aromatic carbocycles. The number of hydrogen-bond donors (Lipinski definition) is 0. The minimum Gasteiger partial charge on any atom is -0.461 e. The van der Waals surface area contributed by atoms with Crippen molar-refractivity contribution < 1.29 is 13.9 Å². The van der Waals surface area contributed by atoms with Gasteiger partial charge < -0.3 is 4.74 Å². The predicted octanol–water partition coefficient (Wildman–Crippen LogP) is 4.06. The number of ether oxygens (including phenoxy) is 1. The van der Waals surface area contributed by atoms with Crippen LogP contribution in [0.3, 0.4) is 0 Å². The summed E-state index contributed by atoms with van der Waals surface area (Å²) >= 11 is 11.7. The van der Waals surface area contributed by atoms with Crippen molar-refractivity contribution in [2.45, 2.75) is 19.9 Å². The highest BCUT2D eigenvalue weighted by molar-refractivity contribution is 6.30. The summed E-state index contributed by atoms with van der Waals surface area (Å²) in [7, 11) is 0. The first kappa shape index (κ1) is 17.6. The van der Waals surface area contributed by atoms with Crippen LogP contribution < -0.4 is 0 Å². The number of fused-ring (bicyclic) bond motifs is 1. The zero-order valence-corrected chi connectivity index (χ0v) is 14.8. The molecule has 0 saturated heterocycles. The van der Waals surface area contributed by atoms with Gasteiger partial charge >= 0.3 is 5.97 Å². The largest absolute Gasteiger partial charge is 0.461 e. The van der Waals surface area contributed by atoms with Gasteiger partial charge in [0.05, 0.1) is 18.8 Å². The summed E-state index contributed by atoms with van der Waals surface area (Å²) in [5.74, 6) is -1.12. The Labute approximate surface area is 152 Å². The molecule has 130 valence electrons. The number of aromatic nitrogens is 4. The number of rotatable bonds is 4. The maximum absolute atomic E-state index is 14.3. The van der Waals surface area contributed by atoms with Gasteiger partial charge in [-0.15, -0.1) is 0 Å². The fraction of sp³-hybridized carbons (Fsp3) is 0.250. The van der Waals surface area contributed by atoms with Crippen LogP contribution in [0.2, 0.25) is 10.2 Å². The van der Waals surface area contributed by atoms with Gasteiger partial charge in [0.2, 0.25) is 0 Å². The fourth-order valence-corrected chi connectivity index (χ4v) is 2.75. The maximum Gasteiger partial charge on any atom is 0.361 e. The van der Waals surface area contributed by atoms with Crippen LogP contribution >= 0.6 is 23.2 Å². The zero-order valence-electron chi connectivity index (χ0n) is 13.3. The molecule has 9 heteroatoms. The summed E-state index contributed by atoms with van der Waals surface area (Å²) < 4.78 is 20.7. The van der Waals surface area contributed by atoms with Gasteiger partial charge in [0, 0.05) is 10.6 Å². The van der Waals surface area contributed by atoms with Crippen molar-refractivity contribution in [1.29, 1.82) is 0 Å². The second-order valence-electron chi connectivity index (χ2n) is 5.22. The molecule has 0 spiro atoms. The molecule has 3 aromatic rings. The topological polar surface area (TPSA) is 69.9 Å². The molecule has 25 heavy (non-hydrogen) atoms. The molecule has 3 rings (SSSR count). The van der Waals surface area contributed by atoms with Crippen molar-refractivity contribution in [1.82, 2.24) is 19.7 Å². The van der Waals surface area contributed by atoms with Crippen LogP contribution in [0, 0.1) is 5.82 Å². The van der Waals surface area contributed by atoms with Gasteiger partial charge in [0.15, 0.2) is 11.3 Å². The summed E-state index contributed by atoms with van der Waals surface area (Å²) in [6, 6.07) is 3.77. The van der Waals surface area contributed by atoms with Gasteiger partial charge in [0.25, 0.3) is 0 Å². The highest BCUT2D eigenvalue weighted by atomic mass is 35.5. The van der Waals surface area contributed by atoms with Gasteiger partial charge in [-0.05, 0) is 26.0 Å². The van der Waals surface area contributed by atoms with E-state index in [0.717, 1.165) is 0 Å². The number of halogens is 3. The quantitative estimate of drug-likeness (QED) is 0.636. The lowest BCUT2D eigenvalue weighted by Gasteiger charge is -2.14. The first-order valence-electron chi connectivity index (χ1n) is 7.45. The first-order valence-corrected chi connectivity index (χ1v) is 8.20. The molecule has 0 saturated carbocycles. The first-order chi connectivity index (χ1) is 11.9. The Morgan fingerprint density at radius 1 is 1.40 bits per heavy atom. The molecule has 1 atom stereocenters. The molecule has 0 aliphatic rings. The Morgan fingerprint density at radius 2 is 2.16 bits per heavy atom. The van der Waals surface area contributed by atoms with E-state index in [9.17, 15) is 9.18 Å². The summed E-state index contributed by atoms with van der Waals surface area (Å²) in [6.07, 6.45) is 1.31. The molecule has 0 aliphatic carbocycles. The van der Waals surface area contributed by atoms with Gasteiger partial charge in [-0.2, -0.15) is 5.10 Å². The van der Waals surface area contributed by atoms with E-state index in [0.29, 0.717) is 5.56 Å². The Bertz CT molecular complexity index is 961. The molecule has 1 unspecified atom stereocenters. The Hall–Kier alpha value is -2.25. The van der Waals surface area contributed by atoms with Crippen LogP contribution in [0.1, 0.15) is 35.9 Å². The summed E-state index contributed by atoms with van der Waals surface area (Å²) in [4.78, 5) is 20.4. The average Bonchev–Trinajstić information content (AvgIpc) is 2.93. The number of carbonyl (C=O) groups excluding carboxylic acids is 1. The van der Waals surface area contributed by atoms with Crippen molar-refractivity contribution in [3.63, 3.8) is 0 Å². The number of hydrogen-bond acceptors (Lipinski definition) is 5. The van der Waals surface area contributed by atoms with Gasteiger partial charge in [-0.3, -0.25) is 0 Å². The zero-order chi connectivity index (χ0) is 18.1. The van der Waals surface area contributed by atoms with Crippen molar-refractivity contribution in [2.24, 2.45) is 0 Å². The van der Waals surface area contributed by atoms with E-state index < -0.39 is 17.8 Å². The predicted molar refractivity (Wildman–Crippen MR) is 91.5 cm³/mol. The van der Waals surface area contributed by atoms with Crippen LogP contribution in [0.25, 0.3) is 11.2 Å². The Balaban J connectivity index is 2.17. The van der Waals surface area contributed by atoms with Crippen LogP contribution in [-0.4, -0.2) is 32.3 Å². The van der Waals surface area contributed by atoms with Gasteiger partial charge in [-0.1, -0.05) is 29.3 Å². The summed E-state index contributed by atoms with van der Waals surface area (Å²) in [5, 5.41) is 4.67. The van der Waals surface area contributed by atoms with E-state index in [1.807, 2.05) is 0 Å². The number of esters is 1. The lowest BCUT2D eigenvalue weighted by Crippen LogP contribution is -2.13. The van der Waals surface area contributed by atoms with Crippen LogP contribution in [0.5, 0.6) is 0 Å². The van der Waals surface area contributed by atoms with Gasteiger partial charge in [-0.25, -0.2) is 23.8 Å². The summed E-state index contributed by atoms with van der Waals surface area (Å²) in [5.41, 5.74) is 0.842. The number of nitrogens with zero attached hydrogens (tertiary/aromatic N) is 4. The monoisotopic (exact) mass is 382 g/mol. The normalized spacial score (nSPS) is 12.4. The Kier molecular flexibility index (Phi) is 4.87. The second kappa shape index (κ2) is 6.93. The standard InChI is InChI=1S/C16H13Cl2FN4O2/c1-3-25-16(24)14-13-15(21-12(18)7-20-13)23(22-14)8(2)10-5-4-9(17)6-11(10)19/h4-8H,3H2,1-2H3. The van der Waals surface area contributed by atoms with E-state index in [2.05, 4.69) is 15.1 Å². The van der Waals surface area contributed by atoms with E-state index in [1.54, 1.807) is 26.0 Å². The molecule has 0 aliphatic heterocycles. The summed E-state index contributed by atoms with van der Waals surface area (Å²) in [6.45, 7) is 3.59. The number of benzene rings is 1. The average molecular weight is 383 g/mol. The SMILES string of the molecule is CCOC(=O)c1nn(C(C)c2ccc(Cl)cc2F)c2nc(Cl)cnc12. The number of carbonyl (C=O) groups is 1. The van der Waals surface area contributed by atoms with Crippen molar-refractivity contribution in [3.05, 3.63) is 51.6 Å². The molecular weight excluding hydrogens is 370 g/mol. The van der Waals surface area contributed by atoms with E-state index in [1.165, 1.54) is 16.9 Å². The Morgan fingerprint density at radius 3 is 2.84 bits per heavy atom. The third-order valence-corrected chi connectivity index (χ3v) is 4.04. The highest BCUT2D eigenvalue weighted by Gasteiger charge is 2.25. The molecule has 2 aromatic heterocycles. The third kappa shape index (κ3) is 3.29. The molecule has 0 radical (unpaired) electrons.